The zero-order valence-corrected chi connectivity index (χ0v) is 15.4. The van der Waals surface area contributed by atoms with Crippen molar-refractivity contribution in [2.45, 2.75) is 50.2 Å². The largest absolute Gasteiger partial charge is 0.376 e. The third-order valence-corrected chi connectivity index (χ3v) is 6.70. The number of hydrogen-bond donors (Lipinski definition) is 1. The van der Waals surface area contributed by atoms with Crippen LogP contribution in [-0.4, -0.2) is 40.9 Å². The first kappa shape index (κ1) is 16.3. The molecule has 7 heteroatoms. The maximum absolute atomic E-state index is 12.1. The van der Waals surface area contributed by atoms with Gasteiger partial charge in [-0.05, 0) is 44.6 Å². The van der Waals surface area contributed by atoms with E-state index < -0.39 is 0 Å². The molecule has 2 aromatic rings. The molecule has 1 atom stereocenters. The molecule has 2 aromatic heterocycles. The third kappa shape index (κ3) is 3.30. The minimum Gasteiger partial charge on any atom is -0.376 e. The number of nitrogens with one attached hydrogen (secondary N) is 1. The van der Waals surface area contributed by atoms with E-state index in [9.17, 15) is 4.79 Å². The van der Waals surface area contributed by atoms with Gasteiger partial charge in [0.2, 0.25) is 5.91 Å². The number of fused-ring (bicyclic) bond motifs is 3. The molecule has 0 radical (unpaired) electrons. The van der Waals surface area contributed by atoms with E-state index in [4.69, 9.17) is 4.74 Å². The van der Waals surface area contributed by atoms with Crippen LogP contribution in [0.1, 0.15) is 35.5 Å². The van der Waals surface area contributed by atoms with Crippen LogP contribution >= 0.6 is 23.1 Å². The lowest BCUT2D eigenvalue weighted by Gasteiger charge is -2.11. The zero-order valence-electron chi connectivity index (χ0n) is 13.8. The van der Waals surface area contributed by atoms with Gasteiger partial charge < -0.3 is 10.1 Å². The molecule has 0 spiro atoms. The van der Waals surface area contributed by atoms with Crippen molar-refractivity contribution in [1.82, 2.24) is 15.3 Å². The molecule has 1 aliphatic heterocycles. The molecule has 1 aliphatic carbocycles. The van der Waals surface area contributed by atoms with Gasteiger partial charge in [-0.15, -0.1) is 11.3 Å². The number of amides is 1. The van der Waals surface area contributed by atoms with Crippen LogP contribution < -0.4 is 5.32 Å². The van der Waals surface area contributed by atoms with Gasteiger partial charge in [0.1, 0.15) is 15.7 Å². The highest BCUT2D eigenvalue weighted by atomic mass is 32.2. The van der Waals surface area contributed by atoms with Crippen LogP contribution in [-0.2, 0) is 22.4 Å². The normalized spacial score (nSPS) is 19.8. The highest BCUT2D eigenvalue weighted by Gasteiger charge is 2.22. The fraction of sp³-hybridized carbons (Fsp3) is 0.588. The summed E-state index contributed by atoms with van der Waals surface area (Å²) < 4.78 is 5.54. The van der Waals surface area contributed by atoms with Crippen molar-refractivity contribution in [3.8, 4) is 0 Å². The van der Waals surface area contributed by atoms with Crippen LogP contribution in [0, 0.1) is 6.92 Å². The van der Waals surface area contributed by atoms with E-state index >= 15 is 0 Å². The van der Waals surface area contributed by atoms with Crippen LogP contribution in [0.4, 0.5) is 0 Å². The number of thiophene rings is 1. The second kappa shape index (κ2) is 6.98. The van der Waals surface area contributed by atoms with Gasteiger partial charge in [0.05, 0.1) is 11.9 Å². The number of thioether (sulfide) groups is 1. The quantitative estimate of drug-likeness (QED) is 0.654. The summed E-state index contributed by atoms with van der Waals surface area (Å²) >= 11 is 3.32. The molecule has 1 saturated heterocycles. The van der Waals surface area contributed by atoms with Crippen LogP contribution in [0.2, 0.25) is 0 Å². The lowest BCUT2D eigenvalue weighted by molar-refractivity contribution is -0.119. The van der Waals surface area contributed by atoms with Crippen molar-refractivity contribution in [3.63, 3.8) is 0 Å². The van der Waals surface area contributed by atoms with Gasteiger partial charge in [0.15, 0.2) is 0 Å². The SMILES string of the molecule is Cc1nc(SCC(=O)NCC2CCCO2)c2c3c(sc2n1)CCC3. The summed E-state index contributed by atoms with van der Waals surface area (Å²) in [6, 6.07) is 0. The number of aromatic nitrogens is 2. The lowest BCUT2D eigenvalue weighted by Crippen LogP contribution is -2.32. The lowest BCUT2D eigenvalue weighted by atomic mass is 10.2. The average molecular weight is 364 g/mol. The number of nitrogens with zero attached hydrogens (tertiary/aromatic N) is 2. The van der Waals surface area contributed by atoms with Gasteiger partial charge in [0.25, 0.3) is 0 Å². The molecule has 1 N–H and O–H groups in total. The molecule has 3 heterocycles. The molecule has 1 fully saturated rings. The molecule has 128 valence electrons. The Hall–Kier alpha value is -1.18. The summed E-state index contributed by atoms with van der Waals surface area (Å²) in [7, 11) is 0. The number of hydrogen-bond acceptors (Lipinski definition) is 6. The molecular weight excluding hydrogens is 342 g/mol. The number of rotatable bonds is 5. The van der Waals surface area contributed by atoms with Crippen molar-refractivity contribution in [3.05, 3.63) is 16.3 Å². The monoisotopic (exact) mass is 363 g/mol. The van der Waals surface area contributed by atoms with Gasteiger partial charge in [-0.3, -0.25) is 4.79 Å². The predicted molar refractivity (Wildman–Crippen MR) is 96.9 cm³/mol. The first-order valence-electron chi connectivity index (χ1n) is 8.50. The van der Waals surface area contributed by atoms with E-state index in [-0.39, 0.29) is 12.0 Å². The minimum atomic E-state index is 0.0480. The smallest absolute Gasteiger partial charge is 0.230 e. The molecule has 0 aromatic carbocycles. The second-order valence-corrected chi connectivity index (χ2v) is 8.39. The molecule has 0 saturated carbocycles. The summed E-state index contributed by atoms with van der Waals surface area (Å²) in [4.78, 5) is 23.9. The number of carbonyl (C=O) groups excluding carboxylic acids is 1. The Morgan fingerprint density at radius 1 is 1.38 bits per heavy atom. The van der Waals surface area contributed by atoms with E-state index in [0.29, 0.717) is 12.3 Å². The van der Waals surface area contributed by atoms with Crippen LogP contribution in [0.3, 0.4) is 0 Å². The summed E-state index contributed by atoms with van der Waals surface area (Å²) in [6.45, 7) is 3.36. The molecule has 5 nitrogen and oxygen atoms in total. The maximum Gasteiger partial charge on any atom is 0.230 e. The topological polar surface area (TPSA) is 64.1 Å². The zero-order chi connectivity index (χ0) is 16.5. The Balaban J connectivity index is 1.45. The van der Waals surface area contributed by atoms with Crippen molar-refractivity contribution in [2.75, 3.05) is 18.9 Å². The first-order valence-corrected chi connectivity index (χ1v) is 10.3. The molecule has 4 rings (SSSR count). The minimum absolute atomic E-state index is 0.0480. The van der Waals surface area contributed by atoms with E-state index in [0.717, 1.165) is 48.0 Å². The first-order chi connectivity index (χ1) is 11.7. The van der Waals surface area contributed by atoms with E-state index in [2.05, 4.69) is 15.3 Å². The maximum atomic E-state index is 12.1. The van der Waals surface area contributed by atoms with Crippen LogP contribution in [0.15, 0.2) is 5.03 Å². The molecule has 1 amide bonds. The highest BCUT2D eigenvalue weighted by Crippen LogP contribution is 2.40. The predicted octanol–water partition coefficient (Wildman–Crippen LogP) is 2.88. The summed E-state index contributed by atoms with van der Waals surface area (Å²) in [5, 5.41) is 5.13. The van der Waals surface area contributed by atoms with E-state index in [1.54, 1.807) is 11.3 Å². The number of ether oxygens (including phenoxy) is 1. The van der Waals surface area contributed by atoms with Crippen molar-refractivity contribution >= 4 is 39.2 Å². The fourth-order valence-corrected chi connectivity index (χ4v) is 5.69. The molecular formula is C17H21N3O2S2. The molecule has 2 aliphatic rings. The number of carbonyl (C=O) groups is 1. The van der Waals surface area contributed by atoms with Crippen LogP contribution in [0.25, 0.3) is 10.2 Å². The van der Waals surface area contributed by atoms with Gasteiger partial charge in [-0.1, -0.05) is 11.8 Å². The molecule has 1 unspecified atom stereocenters. The Kier molecular flexibility index (Phi) is 4.74. The Labute approximate surface area is 149 Å². The van der Waals surface area contributed by atoms with Crippen LogP contribution in [0.5, 0.6) is 0 Å². The van der Waals surface area contributed by atoms with Gasteiger partial charge in [-0.2, -0.15) is 0 Å². The average Bonchev–Trinajstić information content (AvgIpc) is 3.26. The van der Waals surface area contributed by atoms with E-state index in [1.165, 1.54) is 34.0 Å². The van der Waals surface area contributed by atoms with E-state index in [1.807, 2.05) is 6.92 Å². The van der Waals surface area contributed by atoms with Crippen molar-refractivity contribution in [2.24, 2.45) is 0 Å². The van der Waals surface area contributed by atoms with Gasteiger partial charge >= 0.3 is 0 Å². The highest BCUT2D eigenvalue weighted by molar-refractivity contribution is 8.00. The summed E-state index contributed by atoms with van der Waals surface area (Å²) in [5.41, 5.74) is 1.41. The molecule has 0 bridgehead atoms. The Morgan fingerprint density at radius 3 is 3.12 bits per heavy atom. The Morgan fingerprint density at radius 2 is 2.29 bits per heavy atom. The summed E-state index contributed by atoms with van der Waals surface area (Å²) in [6.07, 6.45) is 5.81. The fourth-order valence-electron chi connectivity index (χ4n) is 3.39. The third-order valence-electron chi connectivity index (χ3n) is 4.53. The second-order valence-electron chi connectivity index (χ2n) is 6.34. The standard InChI is InChI=1S/C17H21N3O2S2/c1-10-19-16(15-12-5-2-6-13(12)24-17(15)20-10)23-9-14(21)18-8-11-4-3-7-22-11/h11H,2-9H2,1H3,(H,18,21). The summed E-state index contributed by atoms with van der Waals surface area (Å²) in [5.74, 6) is 1.22. The number of aryl methyl sites for hydroxylation is 3. The molecule has 24 heavy (non-hydrogen) atoms. The van der Waals surface area contributed by atoms with Crippen molar-refractivity contribution in [1.29, 1.82) is 0 Å². The van der Waals surface area contributed by atoms with Crippen molar-refractivity contribution < 1.29 is 9.53 Å². The Bertz CT molecular complexity index is 769. The van der Waals surface area contributed by atoms with Gasteiger partial charge in [0, 0.05) is 23.4 Å². The van der Waals surface area contributed by atoms with Gasteiger partial charge in [-0.25, -0.2) is 9.97 Å².